The predicted octanol–water partition coefficient (Wildman–Crippen LogP) is 5.98. The molecular weight excluding hydrogens is 556 g/mol. The van der Waals surface area contributed by atoms with Crippen LogP contribution in [0.4, 0.5) is 0 Å². The van der Waals surface area contributed by atoms with Crippen LogP contribution in [0, 0.1) is 52.3 Å². The maximum absolute atomic E-state index is 13.0. The average Bonchev–Trinajstić information content (AvgIpc) is 3.28. The van der Waals surface area contributed by atoms with Crippen LogP contribution in [0.25, 0.3) is 0 Å². The van der Waals surface area contributed by atoms with E-state index in [9.17, 15) is 19.2 Å². The van der Waals surface area contributed by atoms with Gasteiger partial charge in [-0.3, -0.25) is 9.59 Å². The van der Waals surface area contributed by atoms with Gasteiger partial charge in [-0.2, -0.15) is 0 Å². The van der Waals surface area contributed by atoms with Crippen molar-refractivity contribution >= 4 is 23.6 Å². The summed E-state index contributed by atoms with van der Waals surface area (Å²) < 4.78 is 11.4. The van der Waals surface area contributed by atoms with Gasteiger partial charge in [-0.15, -0.1) is 0 Å². The number of esters is 2. The lowest BCUT2D eigenvalue weighted by Gasteiger charge is -2.62. The molecular formula is C36H60N2O6. The van der Waals surface area contributed by atoms with Gasteiger partial charge in [-0.25, -0.2) is 9.59 Å². The van der Waals surface area contributed by atoms with Gasteiger partial charge in [0.25, 0.3) is 0 Å². The summed E-state index contributed by atoms with van der Waals surface area (Å²) in [5.74, 6) is 1.89. The van der Waals surface area contributed by atoms with E-state index in [2.05, 4.69) is 19.2 Å². The van der Waals surface area contributed by atoms with Crippen LogP contribution in [0.15, 0.2) is 0 Å². The third kappa shape index (κ3) is 7.20. The molecule has 0 bridgehead atoms. The Hall–Kier alpha value is -1.96. The molecule has 10 atom stereocenters. The first-order valence-corrected chi connectivity index (χ1v) is 17.4. The molecule has 0 aromatic carbocycles. The van der Waals surface area contributed by atoms with E-state index in [0.717, 1.165) is 38.5 Å². The van der Waals surface area contributed by atoms with Gasteiger partial charge in [0, 0.05) is 5.92 Å². The zero-order valence-electron chi connectivity index (χ0n) is 28.7. The number of hydrogen-bond acceptors (Lipinski definition) is 7. The van der Waals surface area contributed by atoms with Gasteiger partial charge in [0.2, 0.25) is 5.91 Å². The summed E-state index contributed by atoms with van der Waals surface area (Å²) in [6.45, 7) is 16.1. The van der Waals surface area contributed by atoms with Crippen molar-refractivity contribution in [3.63, 3.8) is 0 Å². The second-order valence-corrected chi connectivity index (χ2v) is 16.6. The number of hydrogen-bond donors (Lipinski definition) is 2. The lowest BCUT2D eigenvalue weighted by atomic mass is 9.44. The highest BCUT2D eigenvalue weighted by atomic mass is 16.6. The summed E-state index contributed by atoms with van der Waals surface area (Å²) in [4.78, 5) is 51.0. The molecule has 0 unspecified atom stereocenters. The molecule has 0 radical (unpaired) electrons. The summed E-state index contributed by atoms with van der Waals surface area (Å²) >= 11 is 0. The van der Waals surface area contributed by atoms with E-state index in [-0.39, 0.29) is 34.5 Å². The van der Waals surface area contributed by atoms with Crippen LogP contribution in [0.3, 0.4) is 0 Å². The molecule has 4 saturated carbocycles. The van der Waals surface area contributed by atoms with Gasteiger partial charge in [0.15, 0.2) is 6.61 Å². The highest BCUT2D eigenvalue weighted by Gasteiger charge is 2.61. The first-order valence-electron chi connectivity index (χ1n) is 17.4. The summed E-state index contributed by atoms with van der Waals surface area (Å²) in [7, 11) is 0. The van der Waals surface area contributed by atoms with E-state index in [1.807, 2.05) is 34.6 Å². The van der Waals surface area contributed by atoms with Crippen molar-refractivity contribution in [1.29, 1.82) is 0 Å². The fourth-order valence-electron chi connectivity index (χ4n) is 10.3. The quantitative estimate of drug-likeness (QED) is 0.274. The molecule has 4 aliphatic carbocycles. The number of carbonyl (C=O) groups is 4. The van der Waals surface area contributed by atoms with Gasteiger partial charge in [-0.1, -0.05) is 41.5 Å². The minimum atomic E-state index is -0.863. The van der Waals surface area contributed by atoms with Crippen LogP contribution in [0.5, 0.6) is 0 Å². The number of rotatable bonds is 11. The molecule has 4 fully saturated rings. The molecule has 4 rings (SSSR count). The molecule has 8 heteroatoms. The molecule has 44 heavy (non-hydrogen) atoms. The maximum atomic E-state index is 13.0. The monoisotopic (exact) mass is 616 g/mol. The van der Waals surface area contributed by atoms with Crippen molar-refractivity contribution in [3.8, 4) is 0 Å². The predicted molar refractivity (Wildman–Crippen MR) is 170 cm³/mol. The second kappa shape index (κ2) is 13.4. The van der Waals surface area contributed by atoms with Crippen LogP contribution in [-0.4, -0.2) is 47.9 Å². The lowest BCUT2D eigenvalue weighted by molar-refractivity contribution is -0.186. The summed E-state index contributed by atoms with van der Waals surface area (Å²) in [5.41, 5.74) is 5.81. The summed E-state index contributed by atoms with van der Waals surface area (Å²) in [5, 5.41) is 2.74. The first-order chi connectivity index (χ1) is 20.5. The van der Waals surface area contributed by atoms with Crippen LogP contribution >= 0.6 is 0 Å². The third-order valence-electron chi connectivity index (χ3n) is 12.5. The molecule has 250 valence electrons. The number of amides is 1. The van der Waals surface area contributed by atoms with Crippen LogP contribution in [0.1, 0.15) is 126 Å². The van der Waals surface area contributed by atoms with E-state index >= 15 is 0 Å². The molecule has 0 aliphatic heterocycles. The molecule has 0 aromatic heterocycles. The highest BCUT2D eigenvalue weighted by molar-refractivity contribution is 5.88. The molecule has 0 spiro atoms. The fourth-order valence-corrected chi connectivity index (χ4v) is 10.3. The first kappa shape index (κ1) is 34.9. The molecule has 1 amide bonds. The lowest BCUT2D eigenvalue weighted by Crippen LogP contribution is -2.56. The zero-order valence-corrected chi connectivity index (χ0v) is 28.7. The van der Waals surface area contributed by atoms with Gasteiger partial charge in [0.1, 0.15) is 17.4 Å². The number of nitrogens with one attached hydrogen (secondary N) is 1. The van der Waals surface area contributed by atoms with E-state index in [0.29, 0.717) is 42.3 Å². The molecule has 8 nitrogen and oxygen atoms in total. The van der Waals surface area contributed by atoms with E-state index in [1.165, 1.54) is 19.3 Å². The third-order valence-corrected chi connectivity index (χ3v) is 12.5. The Morgan fingerprint density at radius 2 is 1.50 bits per heavy atom. The molecule has 4 aliphatic rings. The van der Waals surface area contributed by atoms with Crippen molar-refractivity contribution in [2.75, 3.05) is 6.61 Å². The van der Waals surface area contributed by atoms with Crippen molar-refractivity contribution in [1.82, 2.24) is 5.32 Å². The van der Waals surface area contributed by atoms with Gasteiger partial charge < -0.3 is 20.5 Å². The van der Waals surface area contributed by atoms with Crippen molar-refractivity contribution in [2.45, 2.75) is 144 Å². The molecule has 0 heterocycles. The average molecular weight is 617 g/mol. The Kier molecular flexibility index (Phi) is 10.6. The van der Waals surface area contributed by atoms with Crippen molar-refractivity contribution in [3.05, 3.63) is 0 Å². The highest BCUT2D eigenvalue weighted by Crippen LogP contribution is 2.68. The van der Waals surface area contributed by atoms with Crippen molar-refractivity contribution < 1.29 is 28.7 Å². The molecule has 0 saturated heterocycles. The number of nitrogens with two attached hydrogens (primary N) is 1. The summed E-state index contributed by atoms with van der Waals surface area (Å²) in [6.07, 6.45) is 10.4. The molecule has 3 N–H and O–H groups in total. The largest absolute Gasteiger partial charge is 0.457 e. The number of Topliss-reactive ketones (excluding diaryl/α,β-unsaturated/α-hetero) is 1. The van der Waals surface area contributed by atoms with Crippen LogP contribution in [-0.2, 0) is 28.7 Å². The second-order valence-electron chi connectivity index (χ2n) is 16.6. The maximum Gasteiger partial charge on any atom is 0.344 e. The Bertz CT molecular complexity index is 1090. The Morgan fingerprint density at radius 1 is 0.841 bits per heavy atom. The van der Waals surface area contributed by atoms with E-state index in [1.54, 1.807) is 6.92 Å². The Balaban J connectivity index is 1.32. The smallest absolute Gasteiger partial charge is 0.344 e. The number of carbonyl (C=O) groups excluding carboxylic acids is 4. The Morgan fingerprint density at radius 3 is 2.14 bits per heavy atom. The normalized spacial score (nSPS) is 37.8. The van der Waals surface area contributed by atoms with Crippen LogP contribution < -0.4 is 11.1 Å². The topological polar surface area (TPSA) is 125 Å². The Labute approximate surface area is 265 Å². The van der Waals surface area contributed by atoms with E-state index in [4.69, 9.17) is 15.2 Å². The van der Waals surface area contributed by atoms with Gasteiger partial charge in [-0.05, 0) is 131 Å². The van der Waals surface area contributed by atoms with E-state index < -0.39 is 36.2 Å². The minimum absolute atomic E-state index is 0.133. The fraction of sp³-hybridized carbons (Fsp3) is 0.889. The zero-order chi connectivity index (χ0) is 32.6. The van der Waals surface area contributed by atoms with Gasteiger partial charge >= 0.3 is 11.9 Å². The molecule has 0 aromatic rings. The van der Waals surface area contributed by atoms with Crippen molar-refractivity contribution in [2.24, 2.45) is 58.0 Å². The minimum Gasteiger partial charge on any atom is -0.457 e. The van der Waals surface area contributed by atoms with Gasteiger partial charge in [0.05, 0.1) is 6.04 Å². The number of ether oxygens (including phenoxy) is 2. The summed E-state index contributed by atoms with van der Waals surface area (Å²) in [6, 6.07) is -1.57. The van der Waals surface area contributed by atoms with Crippen LogP contribution in [0.2, 0.25) is 0 Å². The SMILES string of the molecule is CC(=O)[C@H]1CC[C@H]2[C@@H]3CC[C@H]4C[C@](C)(OC(=O)COC(=O)[C@H](CC(C)C)NC(=O)[C@@H](N)CC(C)C)CC[C@]4(C)[C@H]3CC[C@]12C. The number of ketones is 1. The number of fused-ring (bicyclic) bond motifs is 5. The standard InChI is InChI=1S/C36H60N2O6/c1-21(2)17-29(37)32(41)38-30(18-22(3)4)33(42)43-20-31(40)44-34(6)15-16-35(7)24(19-34)9-10-25-27-12-11-26(23(5)39)36(27,8)14-13-28(25)35/h21-22,24-30H,9-20,37H2,1-8H3,(H,38,41)/t24-,25-,26+,27-,28-,29-,30-,34+,35-,36+/m0/s1.